The molecule has 0 spiro atoms. The van der Waals surface area contributed by atoms with Gasteiger partial charge in [-0.2, -0.15) is 0 Å². The van der Waals surface area contributed by atoms with E-state index in [0.717, 1.165) is 6.07 Å². The molecule has 0 bridgehead atoms. The smallest absolute Gasteiger partial charge is 0.265 e. The van der Waals surface area contributed by atoms with Crippen molar-refractivity contribution in [3.63, 3.8) is 0 Å². The van der Waals surface area contributed by atoms with Crippen molar-refractivity contribution in [3.05, 3.63) is 83.0 Å². The number of pyridine rings is 1. The third-order valence-corrected chi connectivity index (χ3v) is 3.92. The molecule has 1 heterocycles. The Kier molecular flexibility index (Phi) is 6.76. The number of nitrogens with zero attached hydrogens (tertiary/aromatic N) is 2. The Morgan fingerprint density at radius 2 is 1.90 bits per heavy atom. The number of aromatic nitrogens is 1. The molecule has 0 atom stereocenters. The molecule has 3 rings (SSSR count). The Bertz CT molecular complexity index is 1060. The van der Waals surface area contributed by atoms with E-state index in [1.165, 1.54) is 42.6 Å². The average molecular weight is 433 g/mol. The highest BCUT2D eigenvalue weighted by molar-refractivity contribution is 6.31. The summed E-state index contributed by atoms with van der Waals surface area (Å²) in [5.41, 5.74) is 6.55. The second-order valence-corrected chi connectivity index (χ2v) is 6.28. The summed E-state index contributed by atoms with van der Waals surface area (Å²) >= 11 is 5.65. The Hall–Kier alpha value is -3.72. The van der Waals surface area contributed by atoms with Crippen LogP contribution in [0.15, 0.2) is 65.9 Å². The predicted octanol–water partition coefficient (Wildman–Crippen LogP) is 4.08. The van der Waals surface area contributed by atoms with E-state index in [4.69, 9.17) is 26.9 Å². The van der Waals surface area contributed by atoms with Crippen LogP contribution in [0.1, 0.15) is 5.56 Å². The molecule has 0 aliphatic rings. The van der Waals surface area contributed by atoms with Crippen molar-refractivity contribution >= 4 is 29.0 Å². The second kappa shape index (κ2) is 9.66. The molecule has 0 unspecified atom stereocenters. The number of halogens is 3. The number of benzene rings is 2. The van der Waals surface area contributed by atoms with Crippen molar-refractivity contribution in [2.75, 3.05) is 11.9 Å². The number of ether oxygens (including phenoxy) is 1. The summed E-state index contributed by atoms with van der Waals surface area (Å²) in [5.74, 6) is -0.800. The largest absolute Gasteiger partial charge is 0.439 e. The molecule has 0 radical (unpaired) electrons. The molecule has 30 heavy (non-hydrogen) atoms. The highest BCUT2D eigenvalue weighted by Crippen LogP contribution is 2.20. The molecule has 2 aromatic carbocycles. The van der Waals surface area contributed by atoms with E-state index in [0.29, 0.717) is 17.0 Å². The maximum atomic E-state index is 13.1. The SMILES string of the molecule is N/C(=N/OCC(=O)Nc1ccc(F)c(Cl)c1)c1ccc(Oc2ccc(F)cc2)nc1. The number of hydrogen-bond donors (Lipinski definition) is 2. The molecule has 3 N–H and O–H groups in total. The molecule has 0 fully saturated rings. The third-order valence-electron chi connectivity index (χ3n) is 3.63. The van der Waals surface area contributed by atoms with Gasteiger partial charge in [-0.25, -0.2) is 13.8 Å². The van der Waals surface area contributed by atoms with E-state index in [9.17, 15) is 13.6 Å². The van der Waals surface area contributed by atoms with Gasteiger partial charge in [0.25, 0.3) is 5.91 Å². The van der Waals surface area contributed by atoms with Crippen molar-refractivity contribution in [1.82, 2.24) is 4.98 Å². The molecule has 0 saturated heterocycles. The van der Waals surface area contributed by atoms with Crippen LogP contribution in [0, 0.1) is 11.6 Å². The highest BCUT2D eigenvalue weighted by atomic mass is 35.5. The number of oxime groups is 1. The van der Waals surface area contributed by atoms with Crippen molar-refractivity contribution in [1.29, 1.82) is 0 Å². The standard InChI is InChI=1S/C20H15ClF2N4O3/c21-16-9-14(4-7-17(16)23)26-18(28)11-29-27-20(24)12-1-8-19(25-10-12)30-15-5-2-13(22)3-6-15/h1-10H,11H2,(H2,24,27)(H,26,28). The lowest BCUT2D eigenvalue weighted by molar-refractivity contribution is -0.120. The minimum Gasteiger partial charge on any atom is -0.439 e. The van der Waals surface area contributed by atoms with Gasteiger partial charge in [-0.3, -0.25) is 4.79 Å². The van der Waals surface area contributed by atoms with Gasteiger partial charge in [0.05, 0.1) is 5.02 Å². The van der Waals surface area contributed by atoms with Gasteiger partial charge in [-0.05, 0) is 48.5 Å². The van der Waals surface area contributed by atoms with Crippen LogP contribution >= 0.6 is 11.6 Å². The van der Waals surface area contributed by atoms with Crippen LogP contribution in [0.3, 0.4) is 0 Å². The summed E-state index contributed by atoms with van der Waals surface area (Å²) in [5, 5.41) is 6.02. The van der Waals surface area contributed by atoms with Gasteiger partial charge in [0.15, 0.2) is 12.4 Å². The molecular formula is C20H15ClF2N4O3. The van der Waals surface area contributed by atoms with Crippen molar-refractivity contribution in [3.8, 4) is 11.6 Å². The van der Waals surface area contributed by atoms with E-state index >= 15 is 0 Å². The minimum absolute atomic E-state index is 0.00606. The Balaban J connectivity index is 1.51. The number of carbonyl (C=O) groups is 1. The first kappa shape index (κ1) is 21.0. The predicted molar refractivity (Wildman–Crippen MR) is 107 cm³/mol. The average Bonchev–Trinajstić information content (AvgIpc) is 2.73. The Labute approximate surface area is 175 Å². The first-order valence-electron chi connectivity index (χ1n) is 8.51. The molecule has 1 aromatic heterocycles. The summed E-state index contributed by atoms with van der Waals surface area (Å²) in [7, 11) is 0. The zero-order valence-corrected chi connectivity index (χ0v) is 16.1. The number of carbonyl (C=O) groups excluding carboxylic acids is 1. The van der Waals surface area contributed by atoms with Crippen LogP contribution in [0.25, 0.3) is 0 Å². The summed E-state index contributed by atoms with van der Waals surface area (Å²) in [4.78, 5) is 20.8. The van der Waals surface area contributed by atoms with Gasteiger partial charge < -0.3 is 20.6 Å². The summed E-state index contributed by atoms with van der Waals surface area (Å²) in [6.45, 7) is -0.422. The number of anilines is 1. The molecule has 3 aromatic rings. The highest BCUT2D eigenvalue weighted by Gasteiger charge is 2.07. The van der Waals surface area contributed by atoms with E-state index < -0.39 is 18.3 Å². The minimum atomic E-state index is -0.592. The molecule has 0 aliphatic heterocycles. The van der Waals surface area contributed by atoms with Crippen LogP contribution in [0.4, 0.5) is 14.5 Å². The van der Waals surface area contributed by atoms with E-state index in [2.05, 4.69) is 15.5 Å². The van der Waals surface area contributed by atoms with Crippen LogP contribution in [-0.4, -0.2) is 23.3 Å². The van der Waals surface area contributed by atoms with Crippen molar-refractivity contribution in [2.45, 2.75) is 0 Å². The summed E-state index contributed by atoms with van der Waals surface area (Å²) in [6, 6.07) is 12.4. The monoisotopic (exact) mass is 432 g/mol. The zero-order valence-electron chi connectivity index (χ0n) is 15.3. The number of nitrogens with two attached hydrogens (primary N) is 1. The maximum Gasteiger partial charge on any atom is 0.265 e. The topological polar surface area (TPSA) is 98.8 Å². The van der Waals surface area contributed by atoms with Gasteiger partial charge >= 0.3 is 0 Å². The molecule has 0 aliphatic carbocycles. The van der Waals surface area contributed by atoms with Gasteiger partial charge in [0.2, 0.25) is 5.88 Å². The fourth-order valence-corrected chi connectivity index (χ4v) is 2.38. The van der Waals surface area contributed by atoms with Crippen molar-refractivity contribution < 1.29 is 23.1 Å². The Morgan fingerprint density at radius 1 is 1.13 bits per heavy atom. The van der Waals surface area contributed by atoms with Gasteiger partial charge in [0, 0.05) is 23.5 Å². The van der Waals surface area contributed by atoms with Crippen LogP contribution in [0.5, 0.6) is 11.6 Å². The third kappa shape index (κ3) is 5.89. The lowest BCUT2D eigenvalue weighted by atomic mass is 10.3. The van der Waals surface area contributed by atoms with Crippen molar-refractivity contribution in [2.24, 2.45) is 10.9 Å². The molecule has 0 saturated carbocycles. The quantitative estimate of drug-likeness (QED) is 0.333. The fourth-order valence-electron chi connectivity index (χ4n) is 2.20. The lowest BCUT2D eigenvalue weighted by Gasteiger charge is -2.07. The van der Waals surface area contributed by atoms with E-state index in [-0.39, 0.29) is 22.6 Å². The summed E-state index contributed by atoms with van der Waals surface area (Å²) in [6.07, 6.45) is 1.40. The van der Waals surface area contributed by atoms with Crippen LogP contribution in [-0.2, 0) is 9.63 Å². The number of rotatable bonds is 7. The van der Waals surface area contributed by atoms with Crippen LogP contribution < -0.4 is 15.8 Å². The molecular weight excluding hydrogens is 418 g/mol. The van der Waals surface area contributed by atoms with Gasteiger partial charge in [-0.15, -0.1) is 0 Å². The van der Waals surface area contributed by atoms with E-state index in [1.807, 2.05) is 0 Å². The number of nitrogens with one attached hydrogen (secondary N) is 1. The number of amidine groups is 1. The fraction of sp³-hybridized carbons (Fsp3) is 0.0500. The maximum absolute atomic E-state index is 13.1. The van der Waals surface area contributed by atoms with Crippen LogP contribution in [0.2, 0.25) is 5.02 Å². The first-order valence-corrected chi connectivity index (χ1v) is 8.88. The lowest BCUT2D eigenvalue weighted by Crippen LogP contribution is -2.19. The van der Waals surface area contributed by atoms with Gasteiger partial charge in [0.1, 0.15) is 17.4 Å². The molecule has 154 valence electrons. The van der Waals surface area contributed by atoms with E-state index in [1.54, 1.807) is 12.1 Å². The molecule has 1 amide bonds. The first-order chi connectivity index (χ1) is 14.4. The normalized spacial score (nSPS) is 11.1. The molecule has 7 nitrogen and oxygen atoms in total. The summed E-state index contributed by atoms with van der Waals surface area (Å²) < 4.78 is 31.5. The Morgan fingerprint density at radius 3 is 2.57 bits per heavy atom. The van der Waals surface area contributed by atoms with Gasteiger partial charge in [-0.1, -0.05) is 16.8 Å². The molecule has 10 heteroatoms. The second-order valence-electron chi connectivity index (χ2n) is 5.87. The zero-order chi connectivity index (χ0) is 21.5. The number of amides is 1. The number of hydrogen-bond acceptors (Lipinski definition) is 5.